The van der Waals surface area contributed by atoms with Gasteiger partial charge in [0.25, 0.3) is 0 Å². The summed E-state index contributed by atoms with van der Waals surface area (Å²) in [6.07, 6.45) is 2.49. The summed E-state index contributed by atoms with van der Waals surface area (Å²) in [6, 6.07) is 9.44. The summed E-state index contributed by atoms with van der Waals surface area (Å²) in [4.78, 5) is 0. The molecule has 1 aromatic carbocycles. The van der Waals surface area contributed by atoms with Gasteiger partial charge in [0.05, 0.1) is 0 Å². The quantitative estimate of drug-likeness (QED) is 0.830. The highest BCUT2D eigenvalue weighted by Crippen LogP contribution is 2.32. The van der Waals surface area contributed by atoms with E-state index in [2.05, 4.69) is 57.3 Å². The Morgan fingerprint density at radius 3 is 2.71 bits per heavy atom. The van der Waals surface area contributed by atoms with Gasteiger partial charge < -0.3 is 5.32 Å². The van der Waals surface area contributed by atoms with Gasteiger partial charge in [-0.25, -0.2) is 0 Å². The molecule has 0 saturated heterocycles. The molecular weight excluding hydrogens is 206 g/mol. The first kappa shape index (κ1) is 12.6. The van der Waals surface area contributed by atoms with E-state index >= 15 is 0 Å². The second-order valence-electron chi connectivity index (χ2n) is 6.47. The summed E-state index contributed by atoms with van der Waals surface area (Å²) in [5.41, 5.74) is 3.45. The summed E-state index contributed by atoms with van der Waals surface area (Å²) in [5.74, 6) is 0.704. The fraction of sp³-hybridized carbons (Fsp3) is 0.625. The SMILES string of the molecule is CC(CNC1CCc2ccccc21)C(C)(C)C. The van der Waals surface area contributed by atoms with Crippen molar-refractivity contribution in [3.8, 4) is 0 Å². The Morgan fingerprint density at radius 2 is 2.00 bits per heavy atom. The van der Waals surface area contributed by atoms with Gasteiger partial charge in [0, 0.05) is 6.04 Å². The van der Waals surface area contributed by atoms with Crippen LogP contribution in [0.5, 0.6) is 0 Å². The zero-order chi connectivity index (χ0) is 12.5. The van der Waals surface area contributed by atoms with Crippen molar-refractivity contribution in [2.24, 2.45) is 11.3 Å². The van der Waals surface area contributed by atoms with Crippen LogP contribution in [0.2, 0.25) is 0 Å². The molecule has 0 saturated carbocycles. The van der Waals surface area contributed by atoms with Crippen molar-refractivity contribution in [2.45, 2.75) is 46.6 Å². The predicted molar refractivity (Wildman–Crippen MR) is 74.1 cm³/mol. The number of rotatable bonds is 3. The first-order valence-corrected chi connectivity index (χ1v) is 6.79. The molecular formula is C16H25N. The van der Waals surface area contributed by atoms with E-state index in [1.807, 2.05) is 0 Å². The molecule has 94 valence electrons. The van der Waals surface area contributed by atoms with Gasteiger partial charge in [-0.15, -0.1) is 0 Å². The third kappa shape index (κ3) is 2.90. The van der Waals surface area contributed by atoms with Crippen LogP contribution in [0.1, 0.15) is 51.3 Å². The minimum atomic E-state index is 0.394. The number of nitrogens with one attached hydrogen (secondary N) is 1. The van der Waals surface area contributed by atoms with Crippen molar-refractivity contribution in [3.05, 3.63) is 35.4 Å². The number of aryl methyl sites for hydroxylation is 1. The summed E-state index contributed by atoms with van der Waals surface area (Å²) >= 11 is 0. The molecule has 1 N–H and O–H groups in total. The smallest absolute Gasteiger partial charge is 0.0326 e. The number of hydrogen-bond acceptors (Lipinski definition) is 1. The van der Waals surface area contributed by atoms with E-state index < -0.39 is 0 Å². The van der Waals surface area contributed by atoms with Crippen molar-refractivity contribution in [1.82, 2.24) is 5.32 Å². The van der Waals surface area contributed by atoms with Gasteiger partial charge in [-0.2, -0.15) is 0 Å². The maximum absolute atomic E-state index is 3.74. The Labute approximate surface area is 106 Å². The topological polar surface area (TPSA) is 12.0 Å². The number of hydrogen-bond donors (Lipinski definition) is 1. The molecule has 0 heterocycles. The Balaban J connectivity index is 1.94. The van der Waals surface area contributed by atoms with Crippen LogP contribution in [0.25, 0.3) is 0 Å². The van der Waals surface area contributed by atoms with Gasteiger partial charge in [0.1, 0.15) is 0 Å². The van der Waals surface area contributed by atoms with Crippen molar-refractivity contribution in [3.63, 3.8) is 0 Å². The highest BCUT2D eigenvalue weighted by Gasteiger charge is 2.24. The fourth-order valence-electron chi connectivity index (χ4n) is 2.39. The highest BCUT2D eigenvalue weighted by molar-refractivity contribution is 5.34. The summed E-state index contributed by atoms with van der Waals surface area (Å²) < 4.78 is 0. The van der Waals surface area contributed by atoms with Crippen LogP contribution in [0.3, 0.4) is 0 Å². The molecule has 1 aliphatic rings. The second-order valence-corrected chi connectivity index (χ2v) is 6.47. The van der Waals surface area contributed by atoms with Crippen molar-refractivity contribution < 1.29 is 0 Å². The first-order valence-electron chi connectivity index (χ1n) is 6.79. The molecule has 2 unspecified atom stereocenters. The van der Waals surface area contributed by atoms with Crippen LogP contribution < -0.4 is 5.32 Å². The first-order chi connectivity index (χ1) is 7.98. The zero-order valence-electron chi connectivity index (χ0n) is 11.6. The van der Waals surface area contributed by atoms with E-state index in [1.165, 1.54) is 24.0 Å². The molecule has 0 bridgehead atoms. The maximum atomic E-state index is 3.74. The number of benzene rings is 1. The van der Waals surface area contributed by atoms with Crippen LogP contribution in [-0.2, 0) is 6.42 Å². The Kier molecular flexibility index (Phi) is 3.58. The van der Waals surface area contributed by atoms with Gasteiger partial charge in [0.2, 0.25) is 0 Å². The van der Waals surface area contributed by atoms with Crippen LogP contribution in [0.15, 0.2) is 24.3 Å². The van der Waals surface area contributed by atoms with Crippen molar-refractivity contribution in [2.75, 3.05) is 6.54 Å². The van der Waals surface area contributed by atoms with E-state index in [0.29, 0.717) is 17.4 Å². The van der Waals surface area contributed by atoms with Gasteiger partial charge in [-0.1, -0.05) is 52.0 Å². The van der Waals surface area contributed by atoms with Crippen LogP contribution >= 0.6 is 0 Å². The zero-order valence-corrected chi connectivity index (χ0v) is 11.6. The largest absolute Gasteiger partial charge is 0.310 e. The average molecular weight is 231 g/mol. The third-order valence-electron chi connectivity index (χ3n) is 4.28. The molecule has 1 nitrogen and oxygen atoms in total. The predicted octanol–water partition coefficient (Wildman–Crippen LogP) is 3.95. The molecule has 0 aliphatic heterocycles. The molecule has 1 aliphatic carbocycles. The molecule has 0 amide bonds. The van der Waals surface area contributed by atoms with Crippen LogP contribution in [-0.4, -0.2) is 6.54 Å². The van der Waals surface area contributed by atoms with E-state index in [1.54, 1.807) is 0 Å². The van der Waals surface area contributed by atoms with Gasteiger partial charge in [0.15, 0.2) is 0 Å². The molecule has 0 fully saturated rings. The molecule has 2 rings (SSSR count). The lowest BCUT2D eigenvalue weighted by atomic mass is 9.82. The Morgan fingerprint density at radius 1 is 1.29 bits per heavy atom. The molecule has 1 aromatic rings. The van der Waals surface area contributed by atoms with E-state index in [9.17, 15) is 0 Å². The lowest BCUT2D eigenvalue weighted by Crippen LogP contribution is -2.31. The molecule has 2 atom stereocenters. The molecule has 0 radical (unpaired) electrons. The molecule has 0 spiro atoms. The highest BCUT2D eigenvalue weighted by atomic mass is 14.9. The third-order valence-corrected chi connectivity index (χ3v) is 4.28. The standard InChI is InChI=1S/C16H25N/c1-12(16(2,3)4)11-17-15-10-9-13-7-5-6-8-14(13)15/h5-8,12,15,17H,9-11H2,1-4H3. The fourth-order valence-corrected chi connectivity index (χ4v) is 2.39. The van der Waals surface area contributed by atoms with E-state index in [4.69, 9.17) is 0 Å². The average Bonchev–Trinajstić information content (AvgIpc) is 2.68. The molecule has 1 heteroatoms. The lowest BCUT2D eigenvalue weighted by Gasteiger charge is -2.29. The molecule has 17 heavy (non-hydrogen) atoms. The van der Waals surface area contributed by atoms with E-state index in [-0.39, 0.29) is 0 Å². The summed E-state index contributed by atoms with van der Waals surface area (Å²) in [5, 5.41) is 3.74. The second kappa shape index (κ2) is 4.81. The Hall–Kier alpha value is -0.820. The van der Waals surface area contributed by atoms with Crippen molar-refractivity contribution in [1.29, 1.82) is 0 Å². The van der Waals surface area contributed by atoms with Gasteiger partial charge in [-0.05, 0) is 41.8 Å². The van der Waals surface area contributed by atoms with Gasteiger partial charge >= 0.3 is 0 Å². The normalized spacial score (nSPS) is 21.3. The molecule has 0 aromatic heterocycles. The minimum absolute atomic E-state index is 0.394. The van der Waals surface area contributed by atoms with E-state index in [0.717, 1.165) is 6.54 Å². The maximum Gasteiger partial charge on any atom is 0.0326 e. The van der Waals surface area contributed by atoms with Crippen molar-refractivity contribution >= 4 is 0 Å². The lowest BCUT2D eigenvalue weighted by molar-refractivity contribution is 0.245. The Bertz CT molecular complexity index is 375. The summed E-state index contributed by atoms with van der Waals surface area (Å²) in [7, 11) is 0. The van der Waals surface area contributed by atoms with Crippen LogP contribution in [0.4, 0.5) is 0 Å². The number of fused-ring (bicyclic) bond motifs is 1. The van der Waals surface area contributed by atoms with Crippen LogP contribution in [0, 0.1) is 11.3 Å². The minimum Gasteiger partial charge on any atom is -0.310 e. The van der Waals surface area contributed by atoms with Gasteiger partial charge in [-0.3, -0.25) is 0 Å². The summed E-state index contributed by atoms with van der Waals surface area (Å²) in [6.45, 7) is 10.4. The monoisotopic (exact) mass is 231 g/mol.